The lowest BCUT2D eigenvalue weighted by Crippen LogP contribution is -2.67. The molecule has 4 saturated heterocycles. The summed E-state index contributed by atoms with van der Waals surface area (Å²) < 4.78 is 50.8. The molecule has 4 heterocycles. The molecule has 0 aromatic heterocycles. The van der Waals surface area contributed by atoms with Crippen LogP contribution in [0, 0.1) is 45.3 Å². The van der Waals surface area contributed by atoms with Crippen LogP contribution in [0.15, 0.2) is 0 Å². The monoisotopic (exact) mass is 1330 g/mol. The minimum Gasteiger partial charge on any atom is -0.381 e. The predicted molar refractivity (Wildman–Crippen MR) is 345 cm³/mol. The van der Waals surface area contributed by atoms with E-state index in [4.69, 9.17) is 0 Å². The van der Waals surface area contributed by atoms with Gasteiger partial charge in [-0.05, 0) is 122 Å². The van der Waals surface area contributed by atoms with Gasteiger partial charge in [-0.1, -0.05) is 134 Å². The van der Waals surface area contributed by atoms with Crippen LogP contribution in [0.4, 0.5) is 9.59 Å². The molecular formula is C66H108N10O14S2. The first-order chi connectivity index (χ1) is 42.9. The molecule has 518 valence electrons. The molecule has 0 aromatic carbocycles. The summed E-state index contributed by atoms with van der Waals surface area (Å²) in [5, 5.41) is 32.8. The van der Waals surface area contributed by atoms with Crippen LogP contribution in [0.3, 0.4) is 0 Å². The molecule has 10 rings (SSSR count). The Morgan fingerprint density at radius 2 is 0.924 bits per heavy atom. The van der Waals surface area contributed by atoms with Crippen LogP contribution in [0.25, 0.3) is 0 Å². The van der Waals surface area contributed by atoms with Crippen LogP contribution in [-0.4, -0.2) is 186 Å². The van der Waals surface area contributed by atoms with Crippen molar-refractivity contribution in [2.75, 3.05) is 24.6 Å². The molecule has 6 aliphatic carbocycles. The van der Waals surface area contributed by atoms with Gasteiger partial charge in [-0.15, -0.1) is 0 Å². The lowest BCUT2D eigenvalue weighted by molar-refractivity contribution is -0.145. The number of carbonyl (C=O) groups excluding carboxylic acids is 9. The predicted octanol–water partition coefficient (Wildman–Crippen LogP) is 4.20. The van der Waals surface area contributed by atoms with Gasteiger partial charge in [0.15, 0.2) is 25.8 Å². The summed E-state index contributed by atoms with van der Waals surface area (Å²) in [5.41, 5.74) is -3.52. The van der Waals surface area contributed by atoms with Gasteiger partial charge >= 0.3 is 12.1 Å². The van der Waals surface area contributed by atoms with Crippen LogP contribution in [0.1, 0.15) is 212 Å². The zero-order valence-electron chi connectivity index (χ0n) is 56.6. The van der Waals surface area contributed by atoms with E-state index in [2.05, 4.69) is 70.2 Å². The number of urea groups is 2. The highest BCUT2D eigenvalue weighted by molar-refractivity contribution is 7.93. The van der Waals surface area contributed by atoms with E-state index in [9.17, 15) is 65.1 Å². The standard InChI is InChI=1S/C33H55N5O7S.C33H53N5O7S/c2*1-7-11-21(25(39)28(41)34-19-12-13-19)35-27(40)24-23-20(32(23,5)6)18-38(24)29(42)26(31(2,3)4)36-30(43)37-33(15-9-8-10-16-33)22-14-17-46(22,44)45/h19-26,39H,7-18H2,1-6H3,(H,34,41)(H,35,40)(H2,36,37,43);19-24,26H,7-18H2,1-6H3,(H,34,41)(H,35,40)(H2,36,37,43)/t20-,21-,22-,23-,24-,25?,26+;20-,21-,22-,23-,24-,26+/m00/s1. The van der Waals surface area contributed by atoms with Gasteiger partial charge in [0, 0.05) is 25.2 Å². The van der Waals surface area contributed by atoms with Gasteiger partial charge in [0.05, 0.1) is 45.2 Å². The number of hydrogen-bond donors (Lipinski definition) is 9. The number of rotatable bonds is 22. The highest BCUT2D eigenvalue weighted by Crippen LogP contribution is 2.66. The Hall–Kier alpha value is -5.11. The van der Waals surface area contributed by atoms with Crippen molar-refractivity contribution in [3.05, 3.63) is 0 Å². The number of amides is 10. The third-order valence-electron chi connectivity index (χ3n) is 22.8. The molecule has 0 spiro atoms. The fraction of sp³-hybridized carbons (Fsp3) is 0.864. The number of likely N-dealkylation sites (tertiary alicyclic amines) is 2. The van der Waals surface area contributed by atoms with Crippen molar-refractivity contribution < 1.29 is 65.1 Å². The molecule has 6 saturated carbocycles. The van der Waals surface area contributed by atoms with E-state index in [1.165, 1.54) is 4.90 Å². The van der Waals surface area contributed by atoms with E-state index in [0.29, 0.717) is 77.3 Å². The second-order valence-corrected chi connectivity index (χ2v) is 37.0. The van der Waals surface area contributed by atoms with Crippen LogP contribution in [-0.2, 0) is 53.2 Å². The number of ketones is 1. The normalized spacial score (nSPS) is 30.5. The van der Waals surface area contributed by atoms with E-state index in [-0.39, 0.29) is 64.0 Å². The summed E-state index contributed by atoms with van der Waals surface area (Å²) in [6.45, 7) is 23.8. The Kier molecular flexibility index (Phi) is 20.5. The Bertz CT molecular complexity index is 3090. The zero-order chi connectivity index (χ0) is 67.6. The van der Waals surface area contributed by atoms with Gasteiger partial charge < -0.3 is 57.4 Å². The molecule has 10 fully saturated rings. The topological polar surface area (TPSA) is 345 Å². The van der Waals surface area contributed by atoms with Gasteiger partial charge in [-0.2, -0.15) is 0 Å². The second-order valence-electron chi connectivity index (χ2n) is 32.4. The molecule has 26 heteroatoms. The Balaban J connectivity index is 0.000000217. The lowest BCUT2D eigenvalue weighted by atomic mass is 9.78. The maximum Gasteiger partial charge on any atom is 0.315 e. The number of piperidine rings is 2. The first-order valence-electron chi connectivity index (χ1n) is 34.5. The van der Waals surface area contributed by atoms with Crippen LogP contribution < -0.4 is 42.5 Å². The molecule has 9 N–H and O–H groups in total. The van der Waals surface area contributed by atoms with E-state index in [1.807, 2.05) is 55.4 Å². The van der Waals surface area contributed by atoms with Crippen molar-refractivity contribution in [2.45, 2.75) is 288 Å². The van der Waals surface area contributed by atoms with Crippen LogP contribution in [0.5, 0.6) is 0 Å². The van der Waals surface area contributed by atoms with Crippen LogP contribution >= 0.6 is 0 Å². The van der Waals surface area contributed by atoms with E-state index in [0.717, 1.165) is 64.2 Å². The number of Topliss-reactive ketones (excluding diaryl/α,β-unsaturated/α-hetero) is 1. The van der Waals surface area contributed by atoms with Gasteiger partial charge in [0.1, 0.15) is 24.2 Å². The Labute approximate surface area is 545 Å². The Morgan fingerprint density at radius 1 is 0.533 bits per heavy atom. The number of carbonyl (C=O) groups is 9. The summed E-state index contributed by atoms with van der Waals surface area (Å²) in [4.78, 5) is 125. The minimum absolute atomic E-state index is 0.00976. The quantitative estimate of drug-likeness (QED) is 0.0687. The molecule has 13 atom stereocenters. The molecule has 10 aliphatic rings. The number of hydrogen-bond acceptors (Lipinski definition) is 14. The Morgan fingerprint density at radius 3 is 1.27 bits per heavy atom. The summed E-state index contributed by atoms with van der Waals surface area (Å²) in [5.74, 6) is -3.32. The average molecular weight is 1330 g/mol. The molecule has 10 amide bonds. The smallest absolute Gasteiger partial charge is 0.315 e. The van der Waals surface area contributed by atoms with Crippen molar-refractivity contribution in [3.8, 4) is 0 Å². The van der Waals surface area contributed by atoms with Gasteiger partial charge in [0.25, 0.3) is 11.8 Å². The number of aliphatic hydroxyl groups is 1. The second kappa shape index (κ2) is 26.5. The summed E-state index contributed by atoms with van der Waals surface area (Å²) in [6, 6.07) is -6.53. The van der Waals surface area contributed by atoms with Gasteiger partial charge in [-0.25, -0.2) is 26.4 Å². The maximum absolute atomic E-state index is 14.4. The first kappa shape index (κ1) is 71.2. The summed E-state index contributed by atoms with van der Waals surface area (Å²) in [7, 11) is -6.56. The fourth-order valence-electron chi connectivity index (χ4n) is 16.6. The minimum atomic E-state index is -3.28. The van der Waals surface area contributed by atoms with Crippen molar-refractivity contribution in [2.24, 2.45) is 45.3 Å². The van der Waals surface area contributed by atoms with E-state index in [1.54, 1.807) is 4.90 Å². The van der Waals surface area contributed by atoms with Crippen molar-refractivity contribution in [3.63, 3.8) is 0 Å². The molecular weight excluding hydrogens is 1220 g/mol. The van der Waals surface area contributed by atoms with Crippen molar-refractivity contribution in [1.82, 2.24) is 52.3 Å². The number of aliphatic hydroxyl groups excluding tert-OH is 1. The van der Waals surface area contributed by atoms with Gasteiger partial charge in [-0.3, -0.25) is 33.6 Å². The van der Waals surface area contributed by atoms with E-state index >= 15 is 0 Å². The lowest BCUT2D eigenvalue weighted by Gasteiger charge is -2.47. The molecule has 0 bridgehead atoms. The molecule has 92 heavy (non-hydrogen) atoms. The number of fused-ring (bicyclic) bond motifs is 2. The summed E-state index contributed by atoms with van der Waals surface area (Å²) >= 11 is 0. The molecule has 0 radical (unpaired) electrons. The number of nitrogens with zero attached hydrogens (tertiary/aromatic N) is 2. The summed E-state index contributed by atoms with van der Waals surface area (Å²) in [6.07, 6.45) is 12.5. The van der Waals surface area contributed by atoms with Gasteiger partial charge in [0.2, 0.25) is 29.4 Å². The third kappa shape index (κ3) is 14.8. The number of nitrogens with one attached hydrogen (secondary N) is 8. The molecule has 4 aliphatic heterocycles. The third-order valence-corrected chi connectivity index (χ3v) is 27.5. The molecule has 24 nitrogen and oxygen atoms in total. The number of sulfone groups is 2. The highest BCUT2D eigenvalue weighted by Gasteiger charge is 2.71. The fourth-order valence-corrected chi connectivity index (χ4v) is 20.3. The largest absolute Gasteiger partial charge is 0.381 e. The van der Waals surface area contributed by atoms with Crippen molar-refractivity contribution in [1.29, 1.82) is 0 Å². The first-order valence-corrected chi connectivity index (χ1v) is 37.9. The zero-order valence-corrected chi connectivity index (χ0v) is 58.2. The van der Waals surface area contributed by atoms with E-state index < -0.39 is 142 Å². The molecule has 1 unspecified atom stereocenters. The SMILES string of the molecule is CCC[C@H](NC(=O)[C@@H]1[C@@H]2[C@H](CN1C(=O)[C@@H](NC(=O)NC1([C@@H]3CCS3(=O)=O)CCCCC1)C(C)(C)C)C2(C)C)C(=O)C(=O)NC1CC1.CCC[C@H](NC(=O)[C@@H]1[C@@H]2[C@H](CN1C(=O)[C@@H](NC(=O)NC1([C@@H]3CCS3(=O)=O)CCCCC1)C(C)(C)C)C2(C)C)C(O)C(=O)NC1CC1. The van der Waals surface area contributed by atoms with Crippen molar-refractivity contribution >= 4 is 73.0 Å². The average Bonchev–Trinajstić information content (AvgIpc) is 1.57. The van der Waals surface area contributed by atoms with Crippen LogP contribution in [0.2, 0.25) is 0 Å². The molecule has 0 aromatic rings. The maximum atomic E-state index is 14.4. The highest BCUT2D eigenvalue weighted by atomic mass is 32.2.